The van der Waals surface area contributed by atoms with E-state index >= 15 is 0 Å². The molecule has 4 atom stereocenters. The molecule has 1 heterocycles. The lowest BCUT2D eigenvalue weighted by Gasteiger charge is -2.41. The van der Waals surface area contributed by atoms with Crippen LogP contribution in [0.3, 0.4) is 0 Å². The lowest BCUT2D eigenvalue weighted by Crippen LogP contribution is -2.56. The largest absolute Gasteiger partial charge is 0.497 e. The fourth-order valence-corrected chi connectivity index (χ4v) is 6.07. The topological polar surface area (TPSA) is 144 Å². The minimum Gasteiger partial charge on any atom is -0.497 e. The van der Waals surface area contributed by atoms with Crippen molar-refractivity contribution in [3.8, 4) is 17.2 Å². The smallest absolute Gasteiger partial charge is 0.247 e. The lowest BCUT2D eigenvalue weighted by molar-refractivity contribution is -0.142. The number of aliphatic hydroxyl groups is 2. The van der Waals surface area contributed by atoms with E-state index in [0.717, 1.165) is 5.56 Å². The number of nitrogens with zero attached hydrogens (tertiary/aromatic N) is 1. The average molecular weight is 709 g/mol. The number of benzene rings is 2. The molecule has 1 saturated heterocycles. The predicted octanol–water partition coefficient (Wildman–Crippen LogP) is 2.14. The highest BCUT2D eigenvalue weighted by Gasteiger charge is 2.42. The highest BCUT2D eigenvalue weighted by Crippen LogP contribution is 2.37. The number of nitrogens with one attached hydrogen (secondary N) is 1. The van der Waals surface area contributed by atoms with Crippen molar-refractivity contribution in [2.45, 2.75) is 37.5 Å². The number of hydrogen-bond acceptors (Lipinski definition) is 9. The van der Waals surface area contributed by atoms with Crippen LogP contribution in [0.25, 0.3) is 0 Å². The van der Waals surface area contributed by atoms with Gasteiger partial charge in [0.15, 0.2) is 11.5 Å². The van der Waals surface area contributed by atoms with Gasteiger partial charge in [-0.05, 0) is 71.3 Å². The summed E-state index contributed by atoms with van der Waals surface area (Å²) in [6.45, 7) is 0.845. The Morgan fingerprint density at radius 3 is 2.70 bits per heavy atom. The fourth-order valence-electron chi connectivity index (χ4n) is 5.32. The molecule has 4 rings (SSSR count). The zero-order valence-electron chi connectivity index (χ0n) is 24.2. The molecule has 12 heteroatoms. The summed E-state index contributed by atoms with van der Waals surface area (Å²) < 4.78 is 23.2. The fraction of sp³-hybridized carbons (Fsp3) is 0.452. The summed E-state index contributed by atoms with van der Waals surface area (Å²) in [4.78, 5) is 40.1. The summed E-state index contributed by atoms with van der Waals surface area (Å²) in [6.07, 6.45) is 1.12. The summed E-state index contributed by atoms with van der Waals surface area (Å²) in [7, 11) is 3.03. The Kier molecular flexibility index (Phi) is 11.8. The van der Waals surface area contributed by atoms with E-state index < -0.39 is 24.2 Å². The summed E-state index contributed by atoms with van der Waals surface area (Å²) in [5, 5.41) is 23.7. The van der Waals surface area contributed by atoms with Gasteiger partial charge in [0.2, 0.25) is 11.8 Å². The van der Waals surface area contributed by atoms with Gasteiger partial charge in [-0.15, -0.1) is 0 Å². The minimum absolute atomic E-state index is 0.0473. The van der Waals surface area contributed by atoms with Gasteiger partial charge >= 0.3 is 0 Å². The van der Waals surface area contributed by atoms with E-state index in [1.807, 2.05) is 46.9 Å². The normalized spacial score (nSPS) is 21.5. The van der Waals surface area contributed by atoms with E-state index in [0.29, 0.717) is 51.9 Å². The molecule has 2 aliphatic rings. The third kappa shape index (κ3) is 8.05. The number of aldehydes is 1. The number of aliphatic hydroxyl groups excluding tert-OH is 2. The van der Waals surface area contributed by atoms with Gasteiger partial charge in [0.25, 0.3) is 0 Å². The van der Waals surface area contributed by atoms with Crippen LogP contribution in [0.4, 0.5) is 0 Å². The molecular formula is C31H37IN2O9. The van der Waals surface area contributed by atoms with Crippen molar-refractivity contribution in [1.29, 1.82) is 0 Å². The third-order valence-electron chi connectivity index (χ3n) is 7.59. The molecule has 0 saturated carbocycles. The van der Waals surface area contributed by atoms with Gasteiger partial charge in [0.1, 0.15) is 24.2 Å². The van der Waals surface area contributed by atoms with Gasteiger partial charge in [-0.3, -0.25) is 14.4 Å². The Balaban J connectivity index is 1.70. The Bertz CT molecular complexity index is 1330. The number of hydrogen-bond donors (Lipinski definition) is 3. The number of amides is 2. The standard InChI is InChI=1S/C31H37IN2O9/c1-40-23-5-3-4-19(12-23)6-9-34(31(39)21-7-11-42-18-21)25-15-22(30(38)33-8-10-35)16-26(28(25)37)43-29-24(32)13-20(17-36)14-27(29)41-2/h3-5,12-14,16-17,21,25-26,28,35,37H,6-11,15,18H2,1-2H3,(H,33,38)/t21?,25-,26+,28+/m1/s1. The van der Waals surface area contributed by atoms with Crippen LogP contribution in [0.15, 0.2) is 48.0 Å². The van der Waals surface area contributed by atoms with Crippen LogP contribution in [0.2, 0.25) is 0 Å². The van der Waals surface area contributed by atoms with Crippen LogP contribution in [-0.4, -0.2) is 98.6 Å². The van der Waals surface area contributed by atoms with E-state index in [2.05, 4.69) is 5.32 Å². The van der Waals surface area contributed by atoms with Crippen LogP contribution < -0.4 is 19.5 Å². The van der Waals surface area contributed by atoms with Crippen LogP contribution >= 0.6 is 22.6 Å². The number of carbonyl (C=O) groups is 3. The summed E-state index contributed by atoms with van der Waals surface area (Å²) in [5.74, 6) is 0.317. The molecule has 1 unspecified atom stereocenters. The first kappa shape index (κ1) is 32.7. The Morgan fingerprint density at radius 1 is 1.21 bits per heavy atom. The van der Waals surface area contributed by atoms with Gasteiger partial charge < -0.3 is 39.4 Å². The third-order valence-corrected chi connectivity index (χ3v) is 8.40. The van der Waals surface area contributed by atoms with Gasteiger partial charge in [0, 0.05) is 37.3 Å². The molecular weight excluding hydrogens is 671 g/mol. The van der Waals surface area contributed by atoms with E-state index in [-0.39, 0.29) is 50.3 Å². The zero-order valence-corrected chi connectivity index (χ0v) is 26.3. The molecule has 1 aliphatic carbocycles. The maximum atomic E-state index is 13.9. The Hall–Kier alpha value is -3.20. The summed E-state index contributed by atoms with van der Waals surface area (Å²) in [6, 6.07) is 9.91. The number of rotatable bonds is 13. The van der Waals surface area contributed by atoms with Gasteiger partial charge in [-0.2, -0.15) is 0 Å². The molecule has 0 radical (unpaired) electrons. The lowest BCUT2D eigenvalue weighted by atomic mass is 9.87. The SMILES string of the molecule is COc1cccc(CCN(C(=O)C2CCOC2)[C@@H]2CC(C(=O)NCCO)=C[C@H](Oc3c(I)cc(C=O)cc3OC)[C@H]2O)c1. The van der Waals surface area contributed by atoms with Crippen molar-refractivity contribution in [2.24, 2.45) is 5.92 Å². The highest BCUT2D eigenvalue weighted by atomic mass is 127. The molecule has 0 spiro atoms. The Labute approximate surface area is 264 Å². The maximum absolute atomic E-state index is 13.9. The van der Waals surface area contributed by atoms with Crippen molar-refractivity contribution < 1.29 is 43.5 Å². The van der Waals surface area contributed by atoms with Crippen LogP contribution in [0.5, 0.6) is 17.2 Å². The molecule has 2 aromatic rings. The predicted molar refractivity (Wildman–Crippen MR) is 165 cm³/mol. The second-order valence-electron chi connectivity index (χ2n) is 10.4. The molecule has 2 amide bonds. The molecule has 43 heavy (non-hydrogen) atoms. The van der Waals surface area contributed by atoms with Crippen LogP contribution in [0.1, 0.15) is 28.8 Å². The average Bonchev–Trinajstić information content (AvgIpc) is 3.57. The van der Waals surface area contributed by atoms with E-state index in [1.54, 1.807) is 24.2 Å². The monoisotopic (exact) mass is 708 g/mol. The number of methoxy groups -OCH3 is 2. The first-order chi connectivity index (χ1) is 20.8. The molecule has 2 aromatic carbocycles. The molecule has 232 valence electrons. The molecule has 0 aromatic heterocycles. The molecule has 1 fully saturated rings. The second-order valence-corrected chi connectivity index (χ2v) is 11.5. The van der Waals surface area contributed by atoms with Crippen molar-refractivity contribution in [2.75, 3.05) is 47.1 Å². The molecule has 3 N–H and O–H groups in total. The number of halogens is 1. The van der Waals surface area contributed by atoms with Crippen LogP contribution in [0, 0.1) is 9.49 Å². The van der Waals surface area contributed by atoms with Crippen molar-refractivity contribution >= 4 is 40.7 Å². The molecule has 0 bridgehead atoms. The summed E-state index contributed by atoms with van der Waals surface area (Å²) in [5.41, 5.74) is 1.65. The molecule has 1 aliphatic heterocycles. The van der Waals surface area contributed by atoms with Gasteiger partial charge in [-0.1, -0.05) is 12.1 Å². The maximum Gasteiger partial charge on any atom is 0.247 e. The summed E-state index contributed by atoms with van der Waals surface area (Å²) >= 11 is 2.02. The number of carbonyl (C=O) groups excluding carboxylic acids is 3. The van der Waals surface area contributed by atoms with E-state index in [1.165, 1.54) is 13.2 Å². The number of ether oxygens (including phenoxy) is 4. The first-order valence-corrected chi connectivity index (χ1v) is 15.2. The minimum atomic E-state index is -1.21. The van der Waals surface area contributed by atoms with Gasteiger partial charge in [0.05, 0.1) is 43.0 Å². The molecule has 11 nitrogen and oxygen atoms in total. The van der Waals surface area contributed by atoms with Crippen molar-refractivity contribution in [1.82, 2.24) is 10.2 Å². The second kappa shape index (κ2) is 15.5. The quantitative estimate of drug-likeness (QED) is 0.211. The van der Waals surface area contributed by atoms with E-state index in [9.17, 15) is 24.6 Å². The van der Waals surface area contributed by atoms with Crippen molar-refractivity contribution in [3.05, 3.63) is 62.7 Å². The van der Waals surface area contributed by atoms with Crippen LogP contribution in [-0.2, 0) is 20.7 Å². The van der Waals surface area contributed by atoms with Gasteiger partial charge in [-0.25, -0.2) is 0 Å². The van der Waals surface area contributed by atoms with Crippen molar-refractivity contribution in [3.63, 3.8) is 0 Å². The highest BCUT2D eigenvalue weighted by molar-refractivity contribution is 14.1. The first-order valence-electron chi connectivity index (χ1n) is 14.1. The van der Waals surface area contributed by atoms with E-state index in [4.69, 9.17) is 18.9 Å². The Morgan fingerprint density at radius 2 is 2.02 bits per heavy atom. The zero-order chi connectivity index (χ0) is 30.9.